The molecule has 0 bridgehead atoms. The molecule has 1 unspecified atom stereocenters. The molecule has 1 heterocycles. The van der Waals surface area contributed by atoms with E-state index in [0.29, 0.717) is 17.8 Å². The molecule has 0 fully saturated rings. The van der Waals surface area contributed by atoms with Crippen LogP contribution in [0.4, 0.5) is 4.39 Å². The summed E-state index contributed by atoms with van der Waals surface area (Å²) in [5.74, 6) is -0.165. The van der Waals surface area contributed by atoms with E-state index in [1.807, 2.05) is 26.8 Å². The third-order valence-electron chi connectivity index (χ3n) is 3.68. The van der Waals surface area contributed by atoms with E-state index in [1.165, 1.54) is 24.3 Å². The van der Waals surface area contributed by atoms with Crippen molar-refractivity contribution in [3.8, 4) is 0 Å². The Labute approximate surface area is 141 Å². The van der Waals surface area contributed by atoms with E-state index in [0.717, 1.165) is 5.69 Å². The quantitative estimate of drug-likeness (QED) is 0.818. The van der Waals surface area contributed by atoms with Crippen LogP contribution in [-0.2, 0) is 11.2 Å². The molecule has 1 amide bonds. The maximum absolute atomic E-state index is 13.0. The second kappa shape index (κ2) is 8.06. The fourth-order valence-electron chi connectivity index (χ4n) is 2.55. The summed E-state index contributed by atoms with van der Waals surface area (Å²) in [4.78, 5) is 14.2. The van der Waals surface area contributed by atoms with E-state index in [4.69, 9.17) is 0 Å². The number of carbonyl (C=O) groups is 1. The maximum atomic E-state index is 13.0. The highest BCUT2D eigenvalue weighted by atomic mass is 19.1. The van der Waals surface area contributed by atoms with Gasteiger partial charge >= 0.3 is 0 Å². The van der Waals surface area contributed by atoms with Crippen LogP contribution in [0.15, 0.2) is 30.3 Å². The summed E-state index contributed by atoms with van der Waals surface area (Å²) in [6, 6.07) is 7.52. The molecular formula is C18H24FN3O2. The van der Waals surface area contributed by atoms with Crippen LogP contribution < -0.4 is 0 Å². The van der Waals surface area contributed by atoms with Gasteiger partial charge in [0, 0.05) is 12.2 Å². The largest absolute Gasteiger partial charge is 0.387 e. The Bertz CT molecular complexity index is 667. The lowest BCUT2D eigenvalue weighted by molar-refractivity contribution is -0.132. The molecule has 1 atom stereocenters. The molecule has 5 nitrogen and oxygen atoms in total. The number of aliphatic hydroxyl groups excluding tert-OH is 1. The van der Waals surface area contributed by atoms with E-state index in [1.54, 1.807) is 4.90 Å². The summed E-state index contributed by atoms with van der Waals surface area (Å²) in [7, 11) is 0. The Hall–Kier alpha value is -2.21. The SMILES string of the molecule is Cc1cc(CC(=O)N(CC(C)C)CC(O)c2ccc(F)cc2)n[nH]1. The van der Waals surface area contributed by atoms with Crippen molar-refractivity contribution >= 4 is 5.91 Å². The molecule has 0 spiro atoms. The Morgan fingerprint density at radius 3 is 2.50 bits per heavy atom. The number of hydrogen-bond acceptors (Lipinski definition) is 3. The number of aliphatic hydroxyl groups is 1. The van der Waals surface area contributed by atoms with Gasteiger partial charge in [0.25, 0.3) is 0 Å². The van der Waals surface area contributed by atoms with Crippen molar-refractivity contribution in [2.45, 2.75) is 33.3 Å². The maximum Gasteiger partial charge on any atom is 0.228 e. The average Bonchev–Trinajstić information content (AvgIpc) is 2.91. The average molecular weight is 333 g/mol. The summed E-state index contributed by atoms with van der Waals surface area (Å²) in [6.45, 7) is 6.63. The first-order valence-corrected chi connectivity index (χ1v) is 8.07. The number of aromatic nitrogens is 2. The second-order valence-corrected chi connectivity index (χ2v) is 6.48. The van der Waals surface area contributed by atoms with Crippen LogP contribution in [-0.4, -0.2) is 39.2 Å². The summed E-state index contributed by atoms with van der Waals surface area (Å²) in [5.41, 5.74) is 2.18. The highest BCUT2D eigenvalue weighted by molar-refractivity contribution is 5.78. The van der Waals surface area contributed by atoms with Crippen molar-refractivity contribution in [2.75, 3.05) is 13.1 Å². The van der Waals surface area contributed by atoms with Gasteiger partial charge in [0.05, 0.1) is 24.8 Å². The van der Waals surface area contributed by atoms with Gasteiger partial charge in [0.2, 0.25) is 5.91 Å². The molecule has 2 aromatic rings. The van der Waals surface area contributed by atoms with Gasteiger partial charge in [-0.1, -0.05) is 26.0 Å². The van der Waals surface area contributed by atoms with Crippen molar-refractivity contribution in [3.05, 3.63) is 53.1 Å². The number of aryl methyl sites for hydroxylation is 1. The predicted octanol–water partition coefficient (Wildman–Crippen LogP) is 2.62. The smallest absolute Gasteiger partial charge is 0.228 e. The lowest BCUT2D eigenvalue weighted by Crippen LogP contribution is -2.38. The Kier molecular flexibility index (Phi) is 6.09. The first kappa shape index (κ1) is 18.1. The first-order chi connectivity index (χ1) is 11.3. The molecule has 0 aliphatic carbocycles. The van der Waals surface area contributed by atoms with Crippen LogP contribution in [0.1, 0.15) is 36.9 Å². The molecule has 0 aliphatic rings. The summed E-state index contributed by atoms with van der Waals surface area (Å²) < 4.78 is 13.0. The number of aromatic amines is 1. The third-order valence-corrected chi connectivity index (χ3v) is 3.68. The molecule has 2 rings (SSSR count). The normalized spacial score (nSPS) is 12.4. The van der Waals surface area contributed by atoms with E-state index in [-0.39, 0.29) is 30.6 Å². The standard InChI is InChI=1S/C18H24FN3O2/c1-12(2)10-22(18(24)9-16-8-13(3)20-21-16)11-17(23)14-4-6-15(19)7-5-14/h4-8,12,17,23H,9-11H2,1-3H3,(H,20,21). The second-order valence-electron chi connectivity index (χ2n) is 6.48. The van der Waals surface area contributed by atoms with E-state index < -0.39 is 6.10 Å². The molecule has 24 heavy (non-hydrogen) atoms. The van der Waals surface area contributed by atoms with Gasteiger partial charge in [-0.05, 0) is 36.6 Å². The minimum Gasteiger partial charge on any atom is -0.387 e. The molecule has 1 aromatic heterocycles. The van der Waals surface area contributed by atoms with Gasteiger partial charge in [-0.15, -0.1) is 0 Å². The molecule has 0 saturated carbocycles. The fourth-order valence-corrected chi connectivity index (χ4v) is 2.55. The number of carbonyl (C=O) groups excluding carboxylic acids is 1. The predicted molar refractivity (Wildman–Crippen MR) is 89.8 cm³/mol. The van der Waals surface area contributed by atoms with Crippen molar-refractivity contribution in [2.24, 2.45) is 5.92 Å². The molecule has 130 valence electrons. The van der Waals surface area contributed by atoms with Crippen LogP contribution in [0.2, 0.25) is 0 Å². The zero-order chi connectivity index (χ0) is 17.7. The fraction of sp³-hybridized carbons (Fsp3) is 0.444. The molecule has 2 N–H and O–H groups in total. The van der Waals surface area contributed by atoms with Crippen molar-refractivity contribution in [1.82, 2.24) is 15.1 Å². The minimum atomic E-state index is -0.853. The van der Waals surface area contributed by atoms with E-state index in [9.17, 15) is 14.3 Å². The van der Waals surface area contributed by atoms with Gasteiger partial charge in [-0.2, -0.15) is 5.10 Å². The molecule has 1 aromatic carbocycles. The molecule has 0 radical (unpaired) electrons. The number of amides is 1. The van der Waals surface area contributed by atoms with Gasteiger partial charge in [0.15, 0.2) is 0 Å². The van der Waals surface area contributed by atoms with Gasteiger partial charge in [-0.25, -0.2) is 4.39 Å². The highest BCUT2D eigenvalue weighted by Crippen LogP contribution is 2.16. The van der Waals surface area contributed by atoms with Crippen molar-refractivity contribution in [3.63, 3.8) is 0 Å². The number of nitrogens with one attached hydrogen (secondary N) is 1. The molecule has 6 heteroatoms. The highest BCUT2D eigenvalue weighted by Gasteiger charge is 2.20. The molecule has 0 saturated heterocycles. The number of rotatable bonds is 7. The first-order valence-electron chi connectivity index (χ1n) is 8.07. The minimum absolute atomic E-state index is 0.0867. The zero-order valence-corrected chi connectivity index (χ0v) is 14.3. The molecular weight excluding hydrogens is 309 g/mol. The van der Waals surface area contributed by atoms with Crippen LogP contribution in [0.3, 0.4) is 0 Å². The number of hydrogen-bond donors (Lipinski definition) is 2. The lowest BCUT2D eigenvalue weighted by atomic mass is 10.1. The summed E-state index contributed by atoms with van der Waals surface area (Å²) in [5, 5.41) is 17.3. The van der Waals surface area contributed by atoms with Crippen LogP contribution >= 0.6 is 0 Å². The van der Waals surface area contributed by atoms with Gasteiger partial charge in [0.1, 0.15) is 5.82 Å². The lowest BCUT2D eigenvalue weighted by Gasteiger charge is -2.27. The topological polar surface area (TPSA) is 69.2 Å². The van der Waals surface area contributed by atoms with Crippen molar-refractivity contribution < 1.29 is 14.3 Å². The van der Waals surface area contributed by atoms with Crippen molar-refractivity contribution in [1.29, 1.82) is 0 Å². The summed E-state index contributed by atoms with van der Waals surface area (Å²) >= 11 is 0. The number of benzene rings is 1. The Morgan fingerprint density at radius 1 is 1.29 bits per heavy atom. The van der Waals surface area contributed by atoms with E-state index >= 15 is 0 Å². The van der Waals surface area contributed by atoms with E-state index in [2.05, 4.69) is 10.2 Å². The van der Waals surface area contributed by atoms with Crippen LogP contribution in [0.5, 0.6) is 0 Å². The number of nitrogens with zero attached hydrogens (tertiary/aromatic N) is 2. The van der Waals surface area contributed by atoms with Gasteiger partial charge in [-0.3, -0.25) is 9.89 Å². The zero-order valence-electron chi connectivity index (χ0n) is 14.3. The van der Waals surface area contributed by atoms with Crippen LogP contribution in [0.25, 0.3) is 0 Å². The Morgan fingerprint density at radius 2 is 1.96 bits per heavy atom. The molecule has 0 aliphatic heterocycles. The van der Waals surface area contributed by atoms with Gasteiger partial charge < -0.3 is 10.0 Å². The number of halogens is 1. The monoisotopic (exact) mass is 333 g/mol. The van der Waals surface area contributed by atoms with Crippen LogP contribution in [0, 0.1) is 18.7 Å². The Balaban J connectivity index is 2.06. The summed E-state index contributed by atoms with van der Waals surface area (Å²) in [6.07, 6.45) is -0.665. The third kappa shape index (κ3) is 5.16. The number of H-pyrrole nitrogens is 1.